The van der Waals surface area contributed by atoms with Gasteiger partial charge in [0.15, 0.2) is 0 Å². The fourth-order valence-corrected chi connectivity index (χ4v) is 3.25. The molecule has 0 saturated carbocycles. The summed E-state index contributed by atoms with van der Waals surface area (Å²) in [5.74, 6) is 0.203. The van der Waals surface area contributed by atoms with E-state index in [4.69, 9.17) is 0 Å². The second-order valence-electron chi connectivity index (χ2n) is 3.67. The van der Waals surface area contributed by atoms with E-state index in [1.165, 1.54) is 10.4 Å². The molecule has 1 aliphatic rings. The average Bonchev–Trinajstić information content (AvgIpc) is 2.19. The molecule has 0 aromatic carbocycles. The fraction of sp³-hybridized carbons (Fsp3) is 0.889. The molecule has 0 spiro atoms. The molecular formula is C9H16N2O3S. The Hall–Kier alpha value is -0.710. The Morgan fingerprint density at radius 2 is 2.00 bits per heavy atom. The summed E-state index contributed by atoms with van der Waals surface area (Å²) in [5.41, 5.74) is 0. The summed E-state index contributed by atoms with van der Waals surface area (Å²) in [7, 11) is -3.08. The van der Waals surface area contributed by atoms with Crippen LogP contribution in [0.2, 0.25) is 0 Å². The number of rotatable bonds is 4. The quantitative estimate of drug-likeness (QED) is 0.524. The Labute approximate surface area is 90.2 Å². The van der Waals surface area contributed by atoms with Crippen LogP contribution >= 0.6 is 0 Å². The standard InChI is InChI=1S/C9H16N2O3S/c1-2-7-15(13,14)11-5-3-9(4-6-11)10-8-12/h9H,2-7H2,1H3. The maximum Gasteiger partial charge on any atom is 0.235 e. The van der Waals surface area contributed by atoms with Crippen LogP contribution in [-0.2, 0) is 14.8 Å². The number of carbonyl (C=O) groups excluding carboxylic acids is 1. The van der Waals surface area contributed by atoms with Crippen LogP contribution in [0.4, 0.5) is 0 Å². The summed E-state index contributed by atoms with van der Waals surface area (Å²) < 4.78 is 24.8. The summed E-state index contributed by atoms with van der Waals surface area (Å²) in [4.78, 5) is 13.6. The number of hydrogen-bond donors (Lipinski definition) is 0. The third-order valence-corrected chi connectivity index (χ3v) is 4.59. The summed E-state index contributed by atoms with van der Waals surface area (Å²) in [5, 5.41) is 0. The predicted octanol–water partition coefficient (Wildman–Crippen LogP) is 0.526. The second-order valence-corrected chi connectivity index (χ2v) is 5.76. The SMILES string of the molecule is CCCS(=O)(=O)N1CCC(N=C=O)CC1. The van der Waals surface area contributed by atoms with Gasteiger partial charge in [0.05, 0.1) is 11.8 Å². The molecular weight excluding hydrogens is 216 g/mol. The minimum absolute atomic E-state index is 0.0458. The lowest BCUT2D eigenvalue weighted by molar-refractivity contribution is 0.320. The largest absolute Gasteiger partial charge is 0.235 e. The highest BCUT2D eigenvalue weighted by Gasteiger charge is 2.26. The van der Waals surface area contributed by atoms with Crippen molar-refractivity contribution in [2.24, 2.45) is 4.99 Å². The second kappa shape index (κ2) is 5.39. The van der Waals surface area contributed by atoms with E-state index in [-0.39, 0.29) is 11.8 Å². The molecule has 0 bridgehead atoms. The van der Waals surface area contributed by atoms with E-state index in [9.17, 15) is 13.2 Å². The fourth-order valence-electron chi connectivity index (χ4n) is 1.71. The first-order valence-corrected chi connectivity index (χ1v) is 6.76. The minimum Gasteiger partial charge on any atom is -0.212 e. The Balaban J connectivity index is 2.53. The lowest BCUT2D eigenvalue weighted by Crippen LogP contribution is -2.40. The number of nitrogens with zero attached hydrogens (tertiary/aromatic N) is 2. The highest BCUT2D eigenvalue weighted by Crippen LogP contribution is 2.16. The first-order chi connectivity index (χ1) is 7.10. The van der Waals surface area contributed by atoms with E-state index < -0.39 is 10.0 Å². The van der Waals surface area contributed by atoms with Crippen molar-refractivity contribution in [1.82, 2.24) is 4.31 Å². The summed E-state index contributed by atoms with van der Waals surface area (Å²) in [6.45, 7) is 2.79. The van der Waals surface area contributed by atoms with Gasteiger partial charge in [-0.1, -0.05) is 6.92 Å². The van der Waals surface area contributed by atoms with Crippen LogP contribution in [0.25, 0.3) is 0 Å². The van der Waals surface area contributed by atoms with Crippen molar-refractivity contribution in [3.05, 3.63) is 0 Å². The van der Waals surface area contributed by atoms with Crippen molar-refractivity contribution in [3.8, 4) is 0 Å². The zero-order chi connectivity index (χ0) is 11.3. The van der Waals surface area contributed by atoms with Gasteiger partial charge in [0.1, 0.15) is 0 Å². The molecule has 0 amide bonds. The third-order valence-electron chi connectivity index (χ3n) is 2.51. The Morgan fingerprint density at radius 1 is 1.40 bits per heavy atom. The lowest BCUT2D eigenvalue weighted by atomic mass is 10.1. The van der Waals surface area contributed by atoms with Crippen LogP contribution in [0.5, 0.6) is 0 Å². The molecule has 86 valence electrons. The third kappa shape index (κ3) is 3.41. The van der Waals surface area contributed by atoms with Crippen molar-refractivity contribution in [3.63, 3.8) is 0 Å². The van der Waals surface area contributed by atoms with Crippen LogP contribution in [0.3, 0.4) is 0 Å². The molecule has 1 saturated heterocycles. The van der Waals surface area contributed by atoms with Gasteiger partial charge in [-0.25, -0.2) is 22.5 Å². The molecule has 6 heteroatoms. The molecule has 0 unspecified atom stereocenters. The summed E-state index contributed by atoms with van der Waals surface area (Å²) >= 11 is 0. The smallest absolute Gasteiger partial charge is 0.212 e. The first-order valence-electron chi connectivity index (χ1n) is 5.15. The minimum atomic E-state index is -3.08. The topological polar surface area (TPSA) is 66.8 Å². The highest BCUT2D eigenvalue weighted by molar-refractivity contribution is 7.89. The molecule has 0 atom stereocenters. The van der Waals surface area contributed by atoms with Crippen molar-refractivity contribution in [1.29, 1.82) is 0 Å². The molecule has 0 N–H and O–H groups in total. The van der Waals surface area contributed by atoms with Gasteiger partial charge in [0, 0.05) is 13.1 Å². The van der Waals surface area contributed by atoms with E-state index in [0.717, 1.165) is 0 Å². The summed E-state index contributed by atoms with van der Waals surface area (Å²) in [6.07, 6.45) is 3.40. The highest BCUT2D eigenvalue weighted by atomic mass is 32.2. The van der Waals surface area contributed by atoms with Gasteiger partial charge in [-0.2, -0.15) is 0 Å². The molecule has 1 fully saturated rings. The van der Waals surface area contributed by atoms with Crippen molar-refractivity contribution in [2.75, 3.05) is 18.8 Å². The monoisotopic (exact) mass is 232 g/mol. The van der Waals surface area contributed by atoms with Gasteiger partial charge in [0.2, 0.25) is 16.1 Å². The normalized spacial score (nSPS) is 19.8. The summed E-state index contributed by atoms with van der Waals surface area (Å²) in [6, 6.07) is -0.0458. The number of hydrogen-bond acceptors (Lipinski definition) is 4. The van der Waals surface area contributed by atoms with E-state index >= 15 is 0 Å². The van der Waals surface area contributed by atoms with E-state index in [1.54, 1.807) is 0 Å². The average molecular weight is 232 g/mol. The van der Waals surface area contributed by atoms with E-state index in [0.29, 0.717) is 32.4 Å². The van der Waals surface area contributed by atoms with Gasteiger partial charge in [0.25, 0.3) is 0 Å². The van der Waals surface area contributed by atoms with Gasteiger partial charge in [-0.05, 0) is 19.3 Å². The number of sulfonamides is 1. The number of isocyanates is 1. The Morgan fingerprint density at radius 3 is 2.47 bits per heavy atom. The molecule has 0 aliphatic carbocycles. The molecule has 0 aromatic heterocycles. The van der Waals surface area contributed by atoms with Gasteiger partial charge in [-0.15, -0.1) is 0 Å². The van der Waals surface area contributed by atoms with Crippen molar-refractivity contribution < 1.29 is 13.2 Å². The van der Waals surface area contributed by atoms with Crippen LogP contribution < -0.4 is 0 Å². The molecule has 0 aromatic rings. The molecule has 1 heterocycles. The van der Waals surface area contributed by atoms with Crippen LogP contribution in [-0.4, -0.2) is 43.7 Å². The van der Waals surface area contributed by atoms with Crippen molar-refractivity contribution in [2.45, 2.75) is 32.2 Å². The maximum atomic E-state index is 11.7. The van der Waals surface area contributed by atoms with Gasteiger partial charge in [-0.3, -0.25) is 0 Å². The molecule has 5 nitrogen and oxygen atoms in total. The van der Waals surface area contributed by atoms with Crippen LogP contribution in [0, 0.1) is 0 Å². The Bertz CT molecular complexity index is 338. The van der Waals surface area contributed by atoms with Crippen LogP contribution in [0.15, 0.2) is 4.99 Å². The van der Waals surface area contributed by atoms with Crippen molar-refractivity contribution >= 4 is 16.1 Å². The zero-order valence-electron chi connectivity index (χ0n) is 8.85. The molecule has 0 radical (unpaired) electrons. The molecule has 1 aliphatic heterocycles. The lowest BCUT2D eigenvalue weighted by Gasteiger charge is -2.28. The Kier molecular flexibility index (Phi) is 4.45. The van der Waals surface area contributed by atoms with Crippen LogP contribution in [0.1, 0.15) is 26.2 Å². The zero-order valence-corrected chi connectivity index (χ0v) is 9.66. The molecule has 1 rings (SSSR count). The predicted molar refractivity (Wildman–Crippen MR) is 56.8 cm³/mol. The van der Waals surface area contributed by atoms with Gasteiger partial charge < -0.3 is 0 Å². The van der Waals surface area contributed by atoms with Gasteiger partial charge >= 0.3 is 0 Å². The number of aliphatic imine (C=N–C) groups is 1. The maximum absolute atomic E-state index is 11.7. The first kappa shape index (κ1) is 12.4. The van der Waals surface area contributed by atoms with E-state index in [1.807, 2.05) is 6.92 Å². The van der Waals surface area contributed by atoms with E-state index in [2.05, 4.69) is 4.99 Å². The molecule has 15 heavy (non-hydrogen) atoms. The number of piperidine rings is 1.